The van der Waals surface area contributed by atoms with Gasteiger partial charge in [-0.25, -0.2) is 0 Å². The minimum atomic E-state index is -0.140. The standard InChI is InChI=1S/C16H23N3O3/c1-13(20)19(12-16(21)18-8-10-22-11-9-18)15-6-4-14(5-7-15)17(2)3/h4-7H,8-12H2,1-3H3. The lowest BCUT2D eigenvalue weighted by atomic mass is 10.2. The first-order chi connectivity index (χ1) is 10.5. The molecular formula is C16H23N3O3. The number of anilines is 2. The van der Waals surface area contributed by atoms with E-state index in [1.165, 1.54) is 11.8 Å². The molecule has 0 atom stereocenters. The van der Waals surface area contributed by atoms with Gasteiger partial charge in [-0.3, -0.25) is 9.59 Å². The fourth-order valence-corrected chi connectivity index (χ4v) is 2.36. The third kappa shape index (κ3) is 3.98. The van der Waals surface area contributed by atoms with Crippen LogP contribution >= 0.6 is 0 Å². The van der Waals surface area contributed by atoms with Gasteiger partial charge < -0.3 is 19.4 Å². The molecule has 1 saturated heterocycles. The lowest BCUT2D eigenvalue weighted by molar-refractivity contribution is -0.134. The van der Waals surface area contributed by atoms with Gasteiger partial charge in [-0.15, -0.1) is 0 Å². The summed E-state index contributed by atoms with van der Waals surface area (Å²) < 4.78 is 5.24. The fourth-order valence-electron chi connectivity index (χ4n) is 2.36. The molecule has 1 aromatic rings. The van der Waals surface area contributed by atoms with Crippen LogP contribution in [0.3, 0.4) is 0 Å². The molecule has 0 spiro atoms. The molecule has 0 radical (unpaired) electrons. The van der Waals surface area contributed by atoms with Crippen molar-refractivity contribution in [3.05, 3.63) is 24.3 Å². The normalized spacial score (nSPS) is 14.6. The fraction of sp³-hybridized carbons (Fsp3) is 0.500. The van der Waals surface area contributed by atoms with Gasteiger partial charge in [0.1, 0.15) is 6.54 Å². The van der Waals surface area contributed by atoms with Crippen molar-refractivity contribution in [3.63, 3.8) is 0 Å². The minimum Gasteiger partial charge on any atom is -0.378 e. The van der Waals surface area contributed by atoms with Crippen LogP contribution in [-0.4, -0.2) is 63.7 Å². The van der Waals surface area contributed by atoms with Crippen LogP contribution < -0.4 is 9.80 Å². The van der Waals surface area contributed by atoms with E-state index in [0.717, 1.165) is 11.4 Å². The number of morpholine rings is 1. The summed E-state index contributed by atoms with van der Waals surface area (Å²) in [6.07, 6.45) is 0. The Labute approximate surface area is 131 Å². The maximum atomic E-state index is 12.3. The number of hydrogen-bond acceptors (Lipinski definition) is 4. The Morgan fingerprint density at radius 3 is 2.14 bits per heavy atom. The van der Waals surface area contributed by atoms with Gasteiger partial charge in [0.05, 0.1) is 13.2 Å². The molecule has 1 aliphatic rings. The second-order valence-corrected chi connectivity index (χ2v) is 5.51. The number of hydrogen-bond donors (Lipinski definition) is 0. The summed E-state index contributed by atoms with van der Waals surface area (Å²) in [5, 5.41) is 0. The van der Waals surface area contributed by atoms with Gasteiger partial charge in [0.15, 0.2) is 0 Å². The predicted octanol–water partition coefficient (Wildman–Crippen LogP) is 0.964. The average Bonchev–Trinajstić information content (AvgIpc) is 2.53. The van der Waals surface area contributed by atoms with Crippen LogP contribution in [0.15, 0.2) is 24.3 Å². The molecule has 1 fully saturated rings. The monoisotopic (exact) mass is 305 g/mol. The Bertz CT molecular complexity index is 522. The van der Waals surface area contributed by atoms with Crippen LogP contribution in [0.4, 0.5) is 11.4 Å². The van der Waals surface area contributed by atoms with Crippen molar-refractivity contribution in [1.82, 2.24) is 4.90 Å². The maximum Gasteiger partial charge on any atom is 0.242 e. The van der Waals surface area contributed by atoms with E-state index in [1.807, 2.05) is 43.3 Å². The predicted molar refractivity (Wildman–Crippen MR) is 86.2 cm³/mol. The zero-order valence-electron chi connectivity index (χ0n) is 13.4. The smallest absolute Gasteiger partial charge is 0.242 e. The van der Waals surface area contributed by atoms with Gasteiger partial charge in [0.25, 0.3) is 0 Å². The number of carbonyl (C=O) groups excluding carboxylic acids is 2. The molecule has 0 saturated carbocycles. The lowest BCUT2D eigenvalue weighted by Crippen LogP contribution is -2.46. The summed E-state index contributed by atoms with van der Waals surface area (Å²) in [5.41, 5.74) is 1.78. The van der Waals surface area contributed by atoms with Gasteiger partial charge in [0.2, 0.25) is 11.8 Å². The Morgan fingerprint density at radius 1 is 1.09 bits per heavy atom. The second kappa shape index (κ2) is 7.26. The van der Waals surface area contributed by atoms with Crippen LogP contribution in [0.2, 0.25) is 0 Å². The number of ether oxygens (including phenoxy) is 1. The molecular weight excluding hydrogens is 282 g/mol. The van der Waals surface area contributed by atoms with Gasteiger partial charge in [-0.1, -0.05) is 0 Å². The first-order valence-corrected chi connectivity index (χ1v) is 7.40. The minimum absolute atomic E-state index is 0.0461. The number of amides is 2. The molecule has 2 rings (SSSR count). The summed E-state index contributed by atoms with van der Waals surface area (Å²) in [7, 11) is 3.92. The molecule has 6 nitrogen and oxygen atoms in total. The van der Waals surface area contributed by atoms with Crippen LogP contribution in [-0.2, 0) is 14.3 Å². The highest BCUT2D eigenvalue weighted by Gasteiger charge is 2.22. The highest BCUT2D eigenvalue weighted by molar-refractivity contribution is 5.97. The molecule has 0 N–H and O–H groups in total. The number of nitrogens with zero attached hydrogens (tertiary/aromatic N) is 3. The van der Waals surface area contributed by atoms with Gasteiger partial charge in [-0.2, -0.15) is 0 Å². The van der Waals surface area contributed by atoms with E-state index in [0.29, 0.717) is 26.3 Å². The van der Waals surface area contributed by atoms with Crippen LogP contribution in [0.1, 0.15) is 6.92 Å². The molecule has 0 unspecified atom stereocenters. The number of carbonyl (C=O) groups is 2. The molecule has 1 aromatic carbocycles. The van der Waals surface area contributed by atoms with E-state index >= 15 is 0 Å². The van der Waals surface area contributed by atoms with E-state index in [-0.39, 0.29) is 18.4 Å². The first-order valence-electron chi connectivity index (χ1n) is 7.40. The van der Waals surface area contributed by atoms with Gasteiger partial charge in [-0.05, 0) is 24.3 Å². The van der Waals surface area contributed by atoms with Crippen molar-refractivity contribution in [2.45, 2.75) is 6.92 Å². The van der Waals surface area contributed by atoms with E-state index in [1.54, 1.807) is 4.90 Å². The van der Waals surface area contributed by atoms with Crippen molar-refractivity contribution >= 4 is 23.2 Å². The number of rotatable bonds is 4. The molecule has 22 heavy (non-hydrogen) atoms. The zero-order valence-corrected chi connectivity index (χ0v) is 13.4. The van der Waals surface area contributed by atoms with E-state index in [2.05, 4.69) is 0 Å². The van der Waals surface area contributed by atoms with Crippen molar-refractivity contribution in [3.8, 4) is 0 Å². The molecule has 1 aliphatic heterocycles. The first kappa shape index (κ1) is 16.3. The topological polar surface area (TPSA) is 53.1 Å². The summed E-state index contributed by atoms with van der Waals surface area (Å²) in [4.78, 5) is 29.5. The van der Waals surface area contributed by atoms with Crippen molar-refractivity contribution in [2.75, 3.05) is 56.7 Å². The van der Waals surface area contributed by atoms with Gasteiger partial charge in [0, 0.05) is 45.5 Å². The maximum absolute atomic E-state index is 12.3. The molecule has 6 heteroatoms. The Morgan fingerprint density at radius 2 is 1.64 bits per heavy atom. The molecule has 0 aliphatic carbocycles. The summed E-state index contributed by atoms with van der Waals surface area (Å²) in [6.45, 7) is 3.84. The van der Waals surface area contributed by atoms with Crippen LogP contribution in [0.25, 0.3) is 0 Å². The Hall–Kier alpha value is -2.08. The average molecular weight is 305 g/mol. The van der Waals surface area contributed by atoms with E-state index in [4.69, 9.17) is 4.74 Å². The van der Waals surface area contributed by atoms with E-state index in [9.17, 15) is 9.59 Å². The molecule has 120 valence electrons. The molecule has 0 aromatic heterocycles. The number of benzene rings is 1. The third-order valence-corrected chi connectivity index (χ3v) is 3.72. The summed E-state index contributed by atoms with van der Waals surface area (Å²) in [5.74, 6) is -0.186. The highest BCUT2D eigenvalue weighted by Crippen LogP contribution is 2.20. The summed E-state index contributed by atoms with van der Waals surface area (Å²) in [6, 6.07) is 7.60. The van der Waals surface area contributed by atoms with Crippen molar-refractivity contribution in [2.24, 2.45) is 0 Å². The SMILES string of the molecule is CC(=O)N(CC(=O)N1CCOCC1)c1ccc(N(C)C)cc1. The lowest BCUT2D eigenvalue weighted by Gasteiger charge is -2.29. The zero-order chi connectivity index (χ0) is 16.1. The quantitative estimate of drug-likeness (QED) is 0.831. The van der Waals surface area contributed by atoms with Crippen molar-refractivity contribution in [1.29, 1.82) is 0 Å². The second-order valence-electron chi connectivity index (χ2n) is 5.51. The van der Waals surface area contributed by atoms with Crippen molar-refractivity contribution < 1.29 is 14.3 Å². The Kier molecular flexibility index (Phi) is 5.38. The Balaban J connectivity index is 2.09. The van der Waals surface area contributed by atoms with E-state index < -0.39 is 0 Å². The summed E-state index contributed by atoms with van der Waals surface area (Å²) >= 11 is 0. The third-order valence-electron chi connectivity index (χ3n) is 3.72. The largest absolute Gasteiger partial charge is 0.378 e. The van der Waals surface area contributed by atoms with Crippen LogP contribution in [0, 0.1) is 0 Å². The molecule has 2 amide bonds. The van der Waals surface area contributed by atoms with Crippen LogP contribution in [0.5, 0.6) is 0 Å². The highest BCUT2D eigenvalue weighted by atomic mass is 16.5. The molecule has 1 heterocycles. The van der Waals surface area contributed by atoms with Gasteiger partial charge >= 0.3 is 0 Å². The molecule has 0 bridgehead atoms.